The van der Waals surface area contributed by atoms with Crippen molar-refractivity contribution in [3.8, 4) is 0 Å². The van der Waals surface area contributed by atoms with Crippen LogP contribution in [0.1, 0.15) is 59.8 Å². The topological polar surface area (TPSA) is 9.72 Å². The van der Waals surface area contributed by atoms with Crippen LogP contribution < -0.4 is 0 Å². The third-order valence-corrected chi connectivity index (χ3v) is 6.86. The summed E-state index contributed by atoms with van der Waals surface area (Å²) in [6.45, 7) is 20.1. The fourth-order valence-corrected chi connectivity index (χ4v) is 5.16. The van der Waals surface area contributed by atoms with Gasteiger partial charge in [0.15, 0.2) is 0 Å². The van der Waals surface area contributed by atoms with Gasteiger partial charge in [-0.05, 0) is 62.8 Å². The van der Waals surface area contributed by atoms with Crippen LogP contribution in [0.3, 0.4) is 0 Å². The molecule has 0 bridgehead atoms. The molecule has 140 valence electrons. The van der Waals surface area contributed by atoms with Crippen molar-refractivity contribution in [2.24, 2.45) is 17.3 Å². The number of likely N-dealkylation sites (tertiary alicyclic amines) is 1. The summed E-state index contributed by atoms with van der Waals surface area (Å²) < 4.78 is 0. The van der Waals surface area contributed by atoms with Crippen molar-refractivity contribution < 1.29 is 0 Å². The first-order valence-corrected chi connectivity index (χ1v) is 10.7. The largest absolute Gasteiger partial charge is 0.302 e. The van der Waals surface area contributed by atoms with Crippen LogP contribution in [-0.2, 0) is 0 Å². The molecule has 2 aliphatic heterocycles. The quantitative estimate of drug-likeness (QED) is 0.671. The van der Waals surface area contributed by atoms with Gasteiger partial charge in [0.1, 0.15) is 0 Å². The summed E-state index contributed by atoms with van der Waals surface area (Å²) in [5.41, 5.74) is 0.713. The Labute approximate surface area is 150 Å². The van der Waals surface area contributed by atoms with E-state index in [4.69, 9.17) is 0 Å². The van der Waals surface area contributed by atoms with Crippen molar-refractivity contribution in [2.45, 2.75) is 65.8 Å². The van der Waals surface area contributed by atoms with Crippen LogP contribution in [0.4, 0.5) is 0 Å². The zero-order valence-electron chi connectivity index (χ0n) is 16.8. The first-order valence-electron chi connectivity index (χ1n) is 10.7. The molecule has 2 saturated heterocycles. The normalized spacial score (nSPS) is 30.1. The smallest absolute Gasteiger partial charge is 0.0113 e. The van der Waals surface area contributed by atoms with E-state index in [9.17, 15) is 0 Å². The summed E-state index contributed by atoms with van der Waals surface area (Å²) in [4.78, 5) is 8.23. The van der Waals surface area contributed by atoms with Crippen LogP contribution in [0, 0.1) is 17.3 Å². The van der Waals surface area contributed by atoms with Crippen molar-refractivity contribution in [1.29, 1.82) is 0 Å². The zero-order valence-corrected chi connectivity index (χ0v) is 16.8. The molecule has 2 atom stereocenters. The maximum Gasteiger partial charge on any atom is 0.0113 e. The fraction of sp³-hybridized carbons (Fsp3) is 1.00. The third-order valence-electron chi connectivity index (χ3n) is 6.86. The van der Waals surface area contributed by atoms with Crippen LogP contribution in [-0.4, -0.2) is 73.1 Å². The molecule has 0 spiro atoms. The maximum atomic E-state index is 2.80. The van der Waals surface area contributed by atoms with Crippen LogP contribution in [0.2, 0.25) is 0 Å². The molecule has 3 heteroatoms. The van der Waals surface area contributed by atoms with Crippen molar-refractivity contribution in [1.82, 2.24) is 14.7 Å². The van der Waals surface area contributed by atoms with Crippen LogP contribution in [0.25, 0.3) is 0 Å². The van der Waals surface area contributed by atoms with Gasteiger partial charge in [0.05, 0.1) is 0 Å². The molecule has 0 N–H and O–H groups in total. The van der Waals surface area contributed by atoms with E-state index < -0.39 is 0 Å². The molecule has 3 aliphatic rings. The van der Waals surface area contributed by atoms with E-state index in [1.165, 1.54) is 84.5 Å². The standard InChI is InChI=1S/C21H41N3/c1-5-19(4)24-12-10-22(11-13-24)15-20-6-9-23(16-20)17-21(7-8-21)14-18(2)3/h18-20H,5-17H2,1-4H3/t19?,20-/m0/s1. The highest BCUT2D eigenvalue weighted by molar-refractivity contribution is 4.97. The van der Waals surface area contributed by atoms with Gasteiger partial charge in [-0.25, -0.2) is 0 Å². The highest BCUT2D eigenvalue weighted by atomic mass is 15.3. The number of piperazine rings is 1. The van der Waals surface area contributed by atoms with Gasteiger partial charge in [-0.3, -0.25) is 4.90 Å². The Morgan fingerprint density at radius 2 is 1.67 bits per heavy atom. The summed E-state index contributed by atoms with van der Waals surface area (Å²) in [5, 5.41) is 0. The molecule has 0 aromatic carbocycles. The van der Waals surface area contributed by atoms with Crippen molar-refractivity contribution >= 4 is 0 Å². The first-order chi connectivity index (χ1) is 11.5. The lowest BCUT2D eigenvalue weighted by molar-refractivity contribution is 0.0900. The lowest BCUT2D eigenvalue weighted by Crippen LogP contribution is -2.50. The van der Waals surface area contributed by atoms with Gasteiger partial charge >= 0.3 is 0 Å². The molecule has 0 radical (unpaired) electrons. The molecule has 24 heavy (non-hydrogen) atoms. The van der Waals surface area contributed by atoms with E-state index in [0.717, 1.165) is 17.9 Å². The van der Waals surface area contributed by atoms with Crippen molar-refractivity contribution in [2.75, 3.05) is 52.4 Å². The zero-order chi connectivity index (χ0) is 17.2. The lowest BCUT2D eigenvalue weighted by Gasteiger charge is -2.38. The Bertz CT molecular complexity index is 383. The summed E-state index contributed by atoms with van der Waals surface area (Å²) in [6.07, 6.45) is 7.15. The highest BCUT2D eigenvalue weighted by Crippen LogP contribution is 2.51. The molecular formula is C21H41N3. The van der Waals surface area contributed by atoms with Gasteiger partial charge < -0.3 is 9.80 Å². The van der Waals surface area contributed by atoms with Gasteiger partial charge in [0, 0.05) is 51.9 Å². The summed E-state index contributed by atoms with van der Waals surface area (Å²) in [7, 11) is 0. The number of nitrogens with zero attached hydrogens (tertiary/aromatic N) is 3. The van der Waals surface area contributed by atoms with E-state index in [2.05, 4.69) is 42.4 Å². The van der Waals surface area contributed by atoms with E-state index in [1.54, 1.807) is 0 Å². The minimum absolute atomic E-state index is 0.713. The van der Waals surface area contributed by atoms with Crippen molar-refractivity contribution in [3.63, 3.8) is 0 Å². The minimum Gasteiger partial charge on any atom is -0.302 e. The monoisotopic (exact) mass is 335 g/mol. The average molecular weight is 336 g/mol. The SMILES string of the molecule is CCC(C)N1CCN(C[C@@H]2CCN(CC3(CC(C)C)CC3)C2)CC1. The molecule has 3 rings (SSSR count). The number of hydrogen-bond acceptors (Lipinski definition) is 3. The van der Waals surface area contributed by atoms with Crippen LogP contribution in [0.15, 0.2) is 0 Å². The number of rotatable bonds is 8. The molecule has 1 unspecified atom stereocenters. The molecule has 3 fully saturated rings. The molecule has 2 heterocycles. The maximum absolute atomic E-state index is 2.80. The van der Waals surface area contributed by atoms with Crippen LogP contribution >= 0.6 is 0 Å². The predicted molar refractivity (Wildman–Crippen MR) is 103 cm³/mol. The van der Waals surface area contributed by atoms with E-state index in [0.29, 0.717) is 5.41 Å². The van der Waals surface area contributed by atoms with Gasteiger partial charge in [0.2, 0.25) is 0 Å². The van der Waals surface area contributed by atoms with Gasteiger partial charge in [0.25, 0.3) is 0 Å². The predicted octanol–water partition coefficient (Wildman–Crippen LogP) is 3.55. The average Bonchev–Trinajstić information content (AvgIpc) is 3.15. The Hall–Kier alpha value is -0.120. The van der Waals surface area contributed by atoms with Crippen molar-refractivity contribution in [3.05, 3.63) is 0 Å². The van der Waals surface area contributed by atoms with Gasteiger partial charge in [-0.15, -0.1) is 0 Å². The summed E-state index contributed by atoms with van der Waals surface area (Å²) >= 11 is 0. The fourth-order valence-electron chi connectivity index (χ4n) is 5.16. The van der Waals surface area contributed by atoms with Gasteiger partial charge in [-0.1, -0.05) is 20.8 Å². The second-order valence-electron chi connectivity index (χ2n) is 9.58. The van der Waals surface area contributed by atoms with E-state index >= 15 is 0 Å². The molecule has 0 aromatic rings. The molecule has 3 nitrogen and oxygen atoms in total. The second kappa shape index (κ2) is 8.05. The Morgan fingerprint density at radius 3 is 2.25 bits per heavy atom. The van der Waals surface area contributed by atoms with Crippen LogP contribution in [0.5, 0.6) is 0 Å². The highest BCUT2D eigenvalue weighted by Gasteiger charge is 2.44. The Balaban J connectivity index is 1.36. The minimum atomic E-state index is 0.713. The molecule has 0 amide bonds. The summed E-state index contributed by atoms with van der Waals surface area (Å²) in [6, 6.07) is 0.768. The lowest BCUT2D eigenvalue weighted by atomic mass is 9.94. The van der Waals surface area contributed by atoms with E-state index in [-0.39, 0.29) is 0 Å². The first kappa shape index (κ1) is 18.7. The third kappa shape index (κ3) is 4.95. The molecule has 1 aliphatic carbocycles. The molecular weight excluding hydrogens is 294 g/mol. The van der Waals surface area contributed by atoms with E-state index in [1.807, 2.05) is 0 Å². The second-order valence-corrected chi connectivity index (χ2v) is 9.58. The molecule has 0 aromatic heterocycles. The Kier molecular flexibility index (Phi) is 6.26. The summed E-state index contributed by atoms with van der Waals surface area (Å²) in [5.74, 6) is 1.79. The Morgan fingerprint density at radius 1 is 0.958 bits per heavy atom. The number of hydrogen-bond donors (Lipinski definition) is 0. The van der Waals surface area contributed by atoms with Gasteiger partial charge in [-0.2, -0.15) is 0 Å². The molecule has 1 saturated carbocycles.